The van der Waals surface area contributed by atoms with Crippen LogP contribution in [-0.2, 0) is 0 Å². The van der Waals surface area contributed by atoms with Crippen molar-refractivity contribution in [1.29, 1.82) is 0 Å². The first kappa shape index (κ1) is 24.5. The van der Waals surface area contributed by atoms with Crippen LogP contribution in [0.25, 0.3) is 0 Å². The summed E-state index contributed by atoms with van der Waals surface area (Å²) in [5, 5.41) is 20.1. The maximum absolute atomic E-state index is 10.8. The molecule has 0 amide bonds. The van der Waals surface area contributed by atoms with Gasteiger partial charge in [-0.1, -0.05) is 64.3 Å². The van der Waals surface area contributed by atoms with Crippen LogP contribution in [-0.4, -0.2) is 22.9 Å². The van der Waals surface area contributed by atoms with Gasteiger partial charge < -0.3 is 10.2 Å². The largest absolute Gasteiger partial charge is 0.393 e. The lowest BCUT2D eigenvalue weighted by Gasteiger charge is -2.62. The Morgan fingerprint density at radius 2 is 1.72 bits per heavy atom. The van der Waals surface area contributed by atoms with Gasteiger partial charge in [-0.15, -0.1) is 0 Å². The number of aliphatic hydroxyl groups excluding tert-OH is 2. The SMILES string of the molecule is C/C(=C/CC[C@@H](C)C1CC[C@]2(C)C3=C(CC[C@@]12C)[C@@]1(C)CC[C@H](O)C(C)(C)C1CC3)CO. The molecule has 7 atom stereocenters. The average molecular weight is 443 g/mol. The number of fused-ring (bicyclic) bond motifs is 4. The zero-order chi connectivity index (χ0) is 23.5. The van der Waals surface area contributed by atoms with Crippen LogP contribution < -0.4 is 0 Å². The summed E-state index contributed by atoms with van der Waals surface area (Å²) in [7, 11) is 0. The smallest absolute Gasteiger partial charge is 0.0639 e. The van der Waals surface area contributed by atoms with Gasteiger partial charge >= 0.3 is 0 Å². The minimum Gasteiger partial charge on any atom is -0.393 e. The number of hydrogen-bond acceptors (Lipinski definition) is 2. The second-order valence-corrected chi connectivity index (χ2v) is 13.5. The predicted molar refractivity (Wildman–Crippen MR) is 134 cm³/mol. The van der Waals surface area contributed by atoms with Gasteiger partial charge in [-0.2, -0.15) is 0 Å². The van der Waals surface area contributed by atoms with Crippen molar-refractivity contribution in [1.82, 2.24) is 0 Å². The lowest BCUT2D eigenvalue weighted by Crippen LogP contribution is -2.55. The number of hydrogen-bond donors (Lipinski definition) is 2. The van der Waals surface area contributed by atoms with Crippen molar-refractivity contribution in [3.05, 3.63) is 22.8 Å². The molecule has 0 saturated heterocycles. The first-order valence-corrected chi connectivity index (χ1v) is 13.6. The van der Waals surface area contributed by atoms with E-state index >= 15 is 0 Å². The molecule has 32 heavy (non-hydrogen) atoms. The highest BCUT2D eigenvalue weighted by Crippen LogP contribution is 2.72. The fraction of sp³-hybridized carbons (Fsp3) is 0.867. The first-order chi connectivity index (χ1) is 14.9. The van der Waals surface area contributed by atoms with E-state index in [4.69, 9.17) is 0 Å². The summed E-state index contributed by atoms with van der Waals surface area (Å²) < 4.78 is 0. The van der Waals surface area contributed by atoms with Gasteiger partial charge in [0.15, 0.2) is 0 Å². The minimum atomic E-state index is -0.146. The normalized spacial score (nSPS) is 44.7. The minimum absolute atomic E-state index is 0.0279. The van der Waals surface area contributed by atoms with Gasteiger partial charge in [0, 0.05) is 0 Å². The van der Waals surface area contributed by atoms with Crippen molar-refractivity contribution >= 4 is 0 Å². The molecule has 0 spiro atoms. The molecule has 4 rings (SSSR count). The molecule has 0 aliphatic heterocycles. The van der Waals surface area contributed by atoms with Crippen LogP contribution in [0.15, 0.2) is 22.8 Å². The van der Waals surface area contributed by atoms with Crippen LogP contribution >= 0.6 is 0 Å². The van der Waals surface area contributed by atoms with Crippen molar-refractivity contribution in [3.63, 3.8) is 0 Å². The molecule has 2 heteroatoms. The topological polar surface area (TPSA) is 40.5 Å². The summed E-state index contributed by atoms with van der Waals surface area (Å²) in [6.45, 7) is 17.2. The van der Waals surface area contributed by atoms with E-state index in [0.29, 0.717) is 16.7 Å². The summed E-state index contributed by atoms with van der Waals surface area (Å²) in [6.07, 6.45) is 14.5. The maximum atomic E-state index is 10.8. The van der Waals surface area contributed by atoms with E-state index in [1.54, 1.807) is 0 Å². The number of aliphatic hydroxyl groups is 2. The van der Waals surface area contributed by atoms with Gasteiger partial charge in [0.2, 0.25) is 0 Å². The Labute approximate surface area is 198 Å². The zero-order valence-electron chi connectivity index (χ0n) is 22.1. The fourth-order valence-corrected chi connectivity index (χ4v) is 9.49. The summed E-state index contributed by atoms with van der Waals surface area (Å²) in [6, 6.07) is 0. The molecule has 2 nitrogen and oxygen atoms in total. The standard InChI is InChI=1S/C30H50O2/c1-20(19-31)9-8-10-21(2)22-13-17-30(7)24-11-12-25-27(3,4)26(32)15-16-28(25,5)23(24)14-18-29(22,30)6/h9,21-22,25-26,31-32H,8,10-19H2,1-7H3/b20-9-/t21-,22?,25?,26+,28-,29+,30-/m1/s1. The molecular formula is C30H50O2. The highest BCUT2D eigenvalue weighted by Gasteiger charge is 2.63. The zero-order valence-corrected chi connectivity index (χ0v) is 22.1. The van der Waals surface area contributed by atoms with E-state index in [0.717, 1.165) is 30.3 Å². The molecule has 4 aliphatic carbocycles. The van der Waals surface area contributed by atoms with Gasteiger partial charge in [0.1, 0.15) is 0 Å². The molecule has 0 aromatic heterocycles. The van der Waals surface area contributed by atoms with E-state index in [1.165, 1.54) is 51.4 Å². The van der Waals surface area contributed by atoms with Crippen LogP contribution in [0.1, 0.15) is 113 Å². The third-order valence-corrected chi connectivity index (χ3v) is 11.8. The first-order valence-electron chi connectivity index (χ1n) is 13.6. The highest BCUT2D eigenvalue weighted by molar-refractivity contribution is 5.38. The lowest BCUT2D eigenvalue weighted by molar-refractivity contribution is -0.0962. The van der Waals surface area contributed by atoms with E-state index in [-0.39, 0.29) is 23.5 Å². The van der Waals surface area contributed by atoms with Crippen LogP contribution in [0.2, 0.25) is 0 Å². The third-order valence-electron chi connectivity index (χ3n) is 11.8. The van der Waals surface area contributed by atoms with E-state index in [2.05, 4.69) is 47.6 Å². The molecule has 0 radical (unpaired) electrons. The van der Waals surface area contributed by atoms with Crippen LogP contribution in [0.4, 0.5) is 0 Å². The Hall–Kier alpha value is -0.600. The van der Waals surface area contributed by atoms with Crippen LogP contribution in [0, 0.1) is 39.4 Å². The van der Waals surface area contributed by atoms with Crippen molar-refractivity contribution in [2.45, 2.75) is 119 Å². The quantitative estimate of drug-likeness (QED) is 0.434. The molecule has 2 fully saturated rings. The lowest BCUT2D eigenvalue weighted by atomic mass is 9.43. The Kier molecular flexibility index (Phi) is 6.33. The van der Waals surface area contributed by atoms with Crippen molar-refractivity contribution in [2.75, 3.05) is 6.61 Å². The van der Waals surface area contributed by atoms with Gasteiger partial charge in [-0.3, -0.25) is 0 Å². The molecule has 0 aromatic rings. The molecule has 4 aliphatic rings. The Morgan fingerprint density at radius 1 is 1.00 bits per heavy atom. The average Bonchev–Trinajstić information content (AvgIpc) is 3.02. The third kappa shape index (κ3) is 3.41. The fourth-order valence-electron chi connectivity index (χ4n) is 9.49. The van der Waals surface area contributed by atoms with Crippen molar-refractivity contribution in [2.24, 2.45) is 39.4 Å². The number of rotatable bonds is 5. The predicted octanol–water partition coefficient (Wildman–Crippen LogP) is 7.45. The molecule has 182 valence electrons. The summed E-state index contributed by atoms with van der Waals surface area (Å²) >= 11 is 0. The second kappa shape index (κ2) is 8.26. The van der Waals surface area contributed by atoms with E-state index < -0.39 is 0 Å². The van der Waals surface area contributed by atoms with E-state index in [1.807, 2.05) is 18.1 Å². The van der Waals surface area contributed by atoms with Gasteiger partial charge in [0.25, 0.3) is 0 Å². The molecule has 2 N–H and O–H groups in total. The Morgan fingerprint density at radius 3 is 2.41 bits per heavy atom. The Balaban J connectivity index is 1.62. The molecule has 2 saturated carbocycles. The van der Waals surface area contributed by atoms with Crippen LogP contribution in [0.5, 0.6) is 0 Å². The maximum Gasteiger partial charge on any atom is 0.0639 e. The molecular weight excluding hydrogens is 392 g/mol. The summed E-state index contributed by atoms with van der Waals surface area (Å²) in [4.78, 5) is 0. The highest BCUT2D eigenvalue weighted by atomic mass is 16.3. The monoisotopic (exact) mass is 442 g/mol. The van der Waals surface area contributed by atoms with Gasteiger partial charge in [-0.25, -0.2) is 0 Å². The van der Waals surface area contributed by atoms with Crippen LogP contribution in [0.3, 0.4) is 0 Å². The summed E-state index contributed by atoms with van der Waals surface area (Å²) in [5.41, 5.74) is 5.86. The summed E-state index contributed by atoms with van der Waals surface area (Å²) in [5.74, 6) is 2.16. The number of allylic oxidation sites excluding steroid dienone is 3. The van der Waals surface area contributed by atoms with E-state index in [9.17, 15) is 10.2 Å². The molecule has 2 unspecified atom stereocenters. The van der Waals surface area contributed by atoms with Gasteiger partial charge in [-0.05, 0) is 111 Å². The Bertz CT molecular complexity index is 791. The second-order valence-electron chi connectivity index (χ2n) is 13.5. The molecule has 0 bridgehead atoms. The molecule has 0 aromatic carbocycles. The van der Waals surface area contributed by atoms with Crippen molar-refractivity contribution in [3.8, 4) is 0 Å². The molecule has 0 heterocycles. The van der Waals surface area contributed by atoms with Gasteiger partial charge in [0.05, 0.1) is 12.7 Å². The van der Waals surface area contributed by atoms with Crippen molar-refractivity contribution < 1.29 is 10.2 Å².